The molecule has 0 saturated carbocycles. The van der Waals surface area contributed by atoms with Crippen LogP contribution < -0.4 is 10.4 Å². The van der Waals surface area contributed by atoms with E-state index in [1.54, 1.807) is 6.08 Å². The Kier molecular flexibility index (Phi) is 2.21. The van der Waals surface area contributed by atoms with Gasteiger partial charge in [-0.15, -0.1) is 0 Å². The van der Waals surface area contributed by atoms with E-state index in [1.165, 1.54) is 16.7 Å². The van der Waals surface area contributed by atoms with E-state index < -0.39 is 5.97 Å². The zero-order chi connectivity index (χ0) is 13.7. The van der Waals surface area contributed by atoms with Crippen LogP contribution in [0.4, 0.5) is 0 Å². The summed E-state index contributed by atoms with van der Waals surface area (Å²) in [5, 5.41) is 11.4. The average molecular weight is 260 g/mol. The van der Waals surface area contributed by atoms with Crippen LogP contribution in [0.5, 0.6) is 0 Å². The molecule has 0 amide bonds. The average Bonchev–Trinajstić information content (AvgIpc) is 2.91. The van der Waals surface area contributed by atoms with Gasteiger partial charge in [0.2, 0.25) is 0 Å². The van der Waals surface area contributed by atoms with Crippen molar-refractivity contribution in [3.63, 3.8) is 0 Å². The lowest BCUT2D eigenvalue weighted by Crippen LogP contribution is -2.31. The molecule has 2 aromatic rings. The first kappa shape index (κ1) is 11.2. The summed E-state index contributed by atoms with van der Waals surface area (Å²) >= 11 is 0. The molecule has 4 rings (SSSR count). The van der Waals surface area contributed by atoms with Crippen LogP contribution in [0.15, 0.2) is 42.5 Å². The van der Waals surface area contributed by atoms with E-state index in [4.69, 9.17) is 0 Å². The van der Waals surface area contributed by atoms with Crippen LogP contribution >= 0.6 is 0 Å². The van der Waals surface area contributed by atoms with Crippen LogP contribution in [0, 0.1) is 0 Å². The number of aliphatic carboxylic acids is 1. The number of allylic oxidation sites excluding steroid dienone is 1. The summed E-state index contributed by atoms with van der Waals surface area (Å²) in [6, 6.07) is 12.3. The number of rotatable bonds is 1. The molecule has 0 spiro atoms. The highest BCUT2D eigenvalue weighted by Gasteiger charge is 2.18. The van der Waals surface area contributed by atoms with Crippen LogP contribution in [0.1, 0.15) is 11.1 Å². The zero-order valence-electron chi connectivity index (χ0n) is 10.8. The minimum Gasteiger partial charge on any atom is -0.478 e. The van der Waals surface area contributed by atoms with Crippen molar-refractivity contribution in [1.82, 2.24) is 0 Å². The van der Waals surface area contributed by atoms with Crippen LogP contribution in [0.2, 0.25) is 0 Å². The van der Waals surface area contributed by atoms with Gasteiger partial charge in [0.05, 0.1) is 5.57 Å². The van der Waals surface area contributed by atoms with Crippen molar-refractivity contribution in [3.8, 4) is 11.1 Å². The van der Waals surface area contributed by atoms with Crippen molar-refractivity contribution >= 4 is 23.7 Å². The first-order chi connectivity index (χ1) is 9.75. The fraction of sp³-hybridized carbons (Fsp3) is 0.0556. The lowest BCUT2D eigenvalue weighted by atomic mass is 9.89. The van der Waals surface area contributed by atoms with Crippen LogP contribution in [-0.2, 0) is 11.2 Å². The fourth-order valence-corrected chi connectivity index (χ4v) is 3.12. The van der Waals surface area contributed by atoms with Gasteiger partial charge in [0, 0.05) is 0 Å². The summed E-state index contributed by atoms with van der Waals surface area (Å²) in [7, 11) is 0. The van der Waals surface area contributed by atoms with Gasteiger partial charge in [-0.1, -0.05) is 48.6 Å². The molecular formula is C18H12O2. The maximum atomic E-state index is 11.2. The molecule has 0 atom stereocenters. The van der Waals surface area contributed by atoms with Crippen LogP contribution in [0.25, 0.3) is 28.9 Å². The second-order valence-corrected chi connectivity index (χ2v) is 5.11. The van der Waals surface area contributed by atoms with Gasteiger partial charge in [0.1, 0.15) is 0 Å². The molecule has 2 aromatic carbocycles. The zero-order valence-corrected chi connectivity index (χ0v) is 10.8. The van der Waals surface area contributed by atoms with Gasteiger partial charge in [0.25, 0.3) is 0 Å². The lowest BCUT2D eigenvalue weighted by molar-refractivity contribution is -0.130. The number of carboxylic acid groups (broad SMARTS) is 1. The summed E-state index contributed by atoms with van der Waals surface area (Å²) in [6.07, 6.45) is 6.71. The van der Waals surface area contributed by atoms with E-state index in [-0.39, 0.29) is 0 Å². The monoisotopic (exact) mass is 260 g/mol. The summed E-state index contributed by atoms with van der Waals surface area (Å²) < 4.78 is 0. The molecule has 1 N–H and O–H groups in total. The fourth-order valence-electron chi connectivity index (χ4n) is 3.12. The van der Waals surface area contributed by atoms with Crippen molar-refractivity contribution in [1.29, 1.82) is 0 Å². The number of benzene rings is 2. The SMILES string of the molecule is O=C(O)C1=CC=c2c1ccc1c2=CCc2ccccc2-1. The molecule has 2 aliphatic carbocycles. The highest BCUT2D eigenvalue weighted by Crippen LogP contribution is 2.25. The highest BCUT2D eigenvalue weighted by atomic mass is 16.4. The molecule has 0 aliphatic heterocycles. The topological polar surface area (TPSA) is 37.3 Å². The Balaban J connectivity index is 2.02. The molecule has 96 valence electrons. The molecule has 0 aromatic heterocycles. The van der Waals surface area contributed by atoms with Gasteiger partial charge in [-0.05, 0) is 45.2 Å². The largest absolute Gasteiger partial charge is 0.478 e. The van der Waals surface area contributed by atoms with Gasteiger partial charge in [0.15, 0.2) is 0 Å². The highest BCUT2D eigenvalue weighted by molar-refractivity contribution is 6.18. The molecule has 20 heavy (non-hydrogen) atoms. The molecule has 2 heteroatoms. The minimum absolute atomic E-state index is 0.384. The summed E-state index contributed by atoms with van der Waals surface area (Å²) in [6.45, 7) is 0. The first-order valence-corrected chi connectivity index (χ1v) is 6.63. The molecule has 2 nitrogen and oxygen atoms in total. The molecule has 0 fully saturated rings. The van der Waals surface area contributed by atoms with Crippen molar-refractivity contribution < 1.29 is 9.90 Å². The molecule has 0 bridgehead atoms. The second-order valence-electron chi connectivity index (χ2n) is 5.11. The maximum Gasteiger partial charge on any atom is 0.336 e. The van der Waals surface area contributed by atoms with Gasteiger partial charge in [-0.25, -0.2) is 4.79 Å². The third kappa shape index (κ3) is 1.42. The van der Waals surface area contributed by atoms with E-state index in [0.717, 1.165) is 22.4 Å². The maximum absolute atomic E-state index is 11.2. The number of carbonyl (C=O) groups is 1. The molecule has 0 radical (unpaired) electrons. The predicted octanol–water partition coefficient (Wildman–Crippen LogP) is 1.95. The van der Waals surface area contributed by atoms with Crippen LogP contribution in [-0.4, -0.2) is 11.1 Å². The number of hydrogen-bond donors (Lipinski definition) is 1. The Morgan fingerprint density at radius 1 is 0.900 bits per heavy atom. The Morgan fingerprint density at radius 2 is 1.70 bits per heavy atom. The Labute approximate surface area is 116 Å². The van der Waals surface area contributed by atoms with Crippen LogP contribution in [0.3, 0.4) is 0 Å². The van der Waals surface area contributed by atoms with E-state index in [9.17, 15) is 9.90 Å². The third-order valence-corrected chi connectivity index (χ3v) is 4.06. The van der Waals surface area contributed by atoms with E-state index in [1.807, 2.05) is 24.3 Å². The van der Waals surface area contributed by atoms with Crippen molar-refractivity contribution in [2.75, 3.05) is 0 Å². The number of fused-ring (bicyclic) bond motifs is 5. The molecular weight excluding hydrogens is 248 g/mol. The Bertz CT molecular complexity index is 902. The first-order valence-electron chi connectivity index (χ1n) is 6.63. The van der Waals surface area contributed by atoms with Crippen molar-refractivity contribution in [2.45, 2.75) is 6.42 Å². The van der Waals surface area contributed by atoms with Crippen molar-refractivity contribution in [3.05, 3.63) is 64.0 Å². The third-order valence-electron chi connectivity index (χ3n) is 4.06. The minimum atomic E-state index is -0.865. The molecule has 2 aliphatic rings. The van der Waals surface area contributed by atoms with E-state index in [0.29, 0.717) is 5.57 Å². The summed E-state index contributed by atoms with van der Waals surface area (Å²) in [5.74, 6) is -0.865. The van der Waals surface area contributed by atoms with Gasteiger partial charge >= 0.3 is 5.97 Å². The number of carboxylic acids is 1. The molecule has 0 unspecified atom stereocenters. The standard InChI is InChI=1S/C18H12O2/c19-18(20)17-10-9-15-14-6-5-11-3-1-2-4-12(11)13(14)7-8-16(15)17/h1-4,6-10H,5H2,(H,19,20). The Hall–Kier alpha value is -2.61. The van der Waals surface area contributed by atoms with Crippen molar-refractivity contribution in [2.24, 2.45) is 0 Å². The lowest BCUT2D eigenvalue weighted by Gasteiger charge is -2.15. The van der Waals surface area contributed by atoms with Gasteiger partial charge in [-0.2, -0.15) is 0 Å². The molecule has 0 saturated heterocycles. The Morgan fingerprint density at radius 3 is 2.55 bits per heavy atom. The van der Waals surface area contributed by atoms with Gasteiger partial charge in [-0.3, -0.25) is 0 Å². The quantitative estimate of drug-likeness (QED) is 0.851. The summed E-state index contributed by atoms with van der Waals surface area (Å²) in [5.41, 5.74) is 4.98. The smallest absolute Gasteiger partial charge is 0.336 e. The molecule has 0 heterocycles. The van der Waals surface area contributed by atoms with E-state index >= 15 is 0 Å². The number of hydrogen-bond acceptors (Lipinski definition) is 1. The van der Waals surface area contributed by atoms with Gasteiger partial charge < -0.3 is 5.11 Å². The normalized spacial score (nSPS) is 14.3. The van der Waals surface area contributed by atoms with E-state index in [2.05, 4.69) is 24.3 Å². The summed E-state index contributed by atoms with van der Waals surface area (Å²) in [4.78, 5) is 11.2. The predicted molar refractivity (Wildman–Crippen MR) is 79.4 cm³/mol. The second kappa shape index (κ2) is 3.94.